The van der Waals surface area contributed by atoms with Crippen LogP contribution in [0.5, 0.6) is 0 Å². The Kier molecular flexibility index (Phi) is 6.30. The molecule has 0 amide bonds. The fraction of sp³-hybridized carbons (Fsp3) is 0.500. The number of fused-ring (bicyclic) bond motifs is 4. The molecular weight excluding hydrogens is 402 g/mol. The van der Waals surface area contributed by atoms with Crippen LogP contribution >= 0.6 is 0 Å². The van der Waals surface area contributed by atoms with E-state index in [0.29, 0.717) is 23.4 Å². The van der Waals surface area contributed by atoms with Crippen LogP contribution < -0.4 is 15.1 Å². The average molecular weight is 439 g/mol. The van der Waals surface area contributed by atoms with Crippen molar-refractivity contribution < 1.29 is 14.7 Å². The van der Waals surface area contributed by atoms with Crippen molar-refractivity contribution in [3.63, 3.8) is 0 Å². The first-order valence-corrected chi connectivity index (χ1v) is 11.8. The lowest BCUT2D eigenvalue weighted by Gasteiger charge is -2.25. The number of anilines is 1. The Morgan fingerprint density at radius 3 is 2.53 bits per heavy atom. The number of nitrogens with one attached hydrogen (secondary N) is 1. The van der Waals surface area contributed by atoms with Crippen LogP contribution in [0.3, 0.4) is 0 Å². The summed E-state index contributed by atoms with van der Waals surface area (Å²) in [6.07, 6.45) is 3.57. The van der Waals surface area contributed by atoms with Crippen molar-refractivity contribution in [3.8, 4) is 0 Å². The maximum absolute atomic E-state index is 11.4. The van der Waals surface area contributed by atoms with Crippen LogP contribution in [0.25, 0.3) is 0 Å². The number of hydrogen-bond donors (Lipinski definition) is 2. The molecule has 0 bridgehead atoms. The monoisotopic (exact) mass is 438 g/mol. The van der Waals surface area contributed by atoms with Gasteiger partial charge in [-0.25, -0.2) is 0 Å². The number of benzene rings is 2. The summed E-state index contributed by atoms with van der Waals surface area (Å²) in [5.74, 6) is -0.232. The van der Waals surface area contributed by atoms with Crippen LogP contribution in [0.15, 0.2) is 48.5 Å². The van der Waals surface area contributed by atoms with E-state index in [2.05, 4.69) is 48.4 Å². The Labute approximate surface area is 191 Å². The lowest BCUT2D eigenvalue weighted by atomic mass is 9.84. The third kappa shape index (κ3) is 3.70. The van der Waals surface area contributed by atoms with Gasteiger partial charge >= 0.3 is 5.97 Å². The number of nitrogens with zero attached hydrogens (tertiary/aromatic N) is 2. The minimum atomic E-state index is -0.860. The number of carboxylic acid groups (broad SMARTS) is 1. The summed E-state index contributed by atoms with van der Waals surface area (Å²) in [6, 6.07) is 16.6. The first kappa shape index (κ1) is 22.8. The summed E-state index contributed by atoms with van der Waals surface area (Å²) in [6.45, 7) is 10.4. The van der Waals surface area contributed by atoms with E-state index in [9.17, 15) is 9.90 Å². The zero-order chi connectivity index (χ0) is 22.9. The highest BCUT2D eigenvalue weighted by atomic mass is 16.8. The van der Waals surface area contributed by atoms with Crippen molar-refractivity contribution in [2.75, 3.05) is 24.7 Å². The predicted molar refractivity (Wildman–Crippen MR) is 128 cm³/mol. The van der Waals surface area contributed by atoms with Gasteiger partial charge < -0.3 is 10.4 Å². The Hall–Kier alpha value is -2.41. The van der Waals surface area contributed by atoms with E-state index in [1.807, 2.05) is 24.3 Å². The molecule has 2 aliphatic rings. The highest BCUT2D eigenvalue weighted by molar-refractivity contribution is 5.86. The minimum absolute atomic E-state index is 0.393. The number of rotatable bonds is 12. The third-order valence-electron chi connectivity index (χ3n) is 7.11. The predicted octanol–water partition coefficient (Wildman–Crippen LogP) is 4.63. The van der Waals surface area contributed by atoms with Crippen LogP contribution in [-0.4, -0.2) is 36.9 Å². The molecule has 0 spiro atoms. The molecule has 2 aliphatic heterocycles. The van der Waals surface area contributed by atoms with Crippen molar-refractivity contribution in [1.29, 1.82) is 0 Å². The van der Waals surface area contributed by atoms with E-state index in [4.69, 9.17) is 4.84 Å². The molecule has 172 valence electrons. The Morgan fingerprint density at radius 2 is 1.88 bits per heavy atom. The summed E-state index contributed by atoms with van der Waals surface area (Å²) in [4.78, 5) is 17.6. The quantitative estimate of drug-likeness (QED) is 0.287. The molecule has 0 aliphatic carbocycles. The number of para-hydroxylation sites is 2. The van der Waals surface area contributed by atoms with Gasteiger partial charge in [0.05, 0.1) is 5.41 Å². The molecule has 1 saturated heterocycles. The van der Waals surface area contributed by atoms with Crippen LogP contribution in [0, 0.1) is 5.92 Å². The molecule has 32 heavy (non-hydrogen) atoms. The van der Waals surface area contributed by atoms with Gasteiger partial charge in [-0.3, -0.25) is 4.79 Å². The Balaban J connectivity index is 1.25. The summed E-state index contributed by atoms with van der Waals surface area (Å²) in [5.41, 5.74) is 3.81. The highest BCUT2D eigenvalue weighted by Gasteiger charge is 2.81. The lowest BCUT2D eigenvalue weighted by molar-refractivity contribution is -0.142. The van der Waals surface area contributed by atoms with Gasteiger partial charge in [0.1, 0.15) is 6.61 Å². The number of hydroxylamine groups is 1. The molecule has 6 nitrogen and oxygen atoms in total. The smallest absolute Gasteiger partial charge is 0.313 e. The first-order chi connectivity index (χ1) is 15.4. The molecule has 2 aromatic rings. The summed E-state index contributed by atoms with van der Waals surface area (Å²) in [7, 11) is 0. The zero-order valence-electron chi connectivity index (χ0n) is 19.7. The number of carboxylic acids is 1. The maximum Gasteiger partial charge on any atom is 0.313 e. The first-order valence-electron chi connectivity index (χ1n) is 11.8. The molecule has 4 rings (SSSR count). The molecule has 3 unspecified atom stereocenters. The average Bonchev–Trinajstić information content (AvgIpc) is 3.36. The molecule has 2 N–H and O–H groups in total. The normalized spacial score (nSPS) is 22.0. The van der Waals surface area contributed by atoms with Crippen LogP contribution in [0.4, 0.5) is 11.4 Å². The maximum atomic E-state index is 11.4. The number of aliphatic carboxylic acids is 1. The van der Waals surface area contributed by atoms with Gasteiger partial charge in [-0.15, -0.1) is 5.01 Å². The van der Waals surface area contributed by atoms with E-state index in [1.54, 1.807) is 13.8 Å². The molecule has 1 fully saturated rings. The van der Waals surface area contributed by atoms with Gasteiger partial charge in [-0.2, -0.15) is 4.84 Å². The highest BCUT2D eigenvalue weighted by Crippen LogP contribution is 2.64. The molecule has 6 heteroatoms. The lowest BCUT2D eigenvalue weighted by Crippen LogP contribution is -2.40. The van der Waals surface area contributed by atoms with Crippen molar-refractivity contribution in [2.24, 2.45) is 5.92 Å². The van der Waals surface area contributed by atoms with Gasteiger partial charge in [0.25, 0.3) is 6.17 Å². The van der Waals surface area contributed by atoms with Crippen molar-refractivity contribution >= 4 is 17.3 Å². The van der Waals surface area contributed by atoms with Crippen molar-refractivity contribution in [1.82, 2.24) is 10.1 Å². The Morgan fingerprint density at radius 1 is 1.16 bits per heavy atom. The number of carbonyl (C=O) groups is 1. The van der Waals surface area contributed by atoms with Crippen LogP contribution in [-0.2, 0) is 21.5 Å². The van der Waals surface area contributed by atoms with E-state index >= 15 is 0 Å². The molecule has 0 aromatic heterocycles. The second kappa shape index (κ2) is 8.85. The summed E-state index contributed by atoms with van der Waals surface area (Å²) < 4.78 is 0.588. The second-order valence-corrected chi connectivity index (χ2v) is 9.37. The molecule has 2 heterocycles. The molecule has 2 aromatic carbocycles. The molecular formula is C26H36N3O3+. The van der Waals surface area contributed by atoms with E-state index in [1.165, 1.54) is 16.9 Å². The molecule has 0 radical (unpaired) electrons. The third-order valence-corrected chi connectivity index (χ3v) is 7.11. The minimum Gasteiger partial charge on any atom is -0.481 e. The van der Waals surface area contributed by atoms with Gasteiger partial charge in [0, 0.05) is 12.0 Å². The van der Waals surface area contributed by atoms with Gasteiger partial charge in [-0.1, -0.05) is 43.3 Å². The number of quaternary nitrogens is 1. The van der Waals surface area contributed by atoms with E-state index < -0.39 is 11.4 Å². The topological polar surface area (TPSA) is 61.6 Å². The second-order valence-electron chi connectivity index (χ2n) is 9.37. The van der Waals surface area contributed by atoms with Gasteiger partial charge in [0.2, 0.25) is 5.69 Å². The largest absolute Gasteiger partial charge is 0.481 e. The summed E-state index contributed by atoms with van der Waals surface area (Å²) in [5, 5.41) is 15.4. The van der Waals surface area contributed by atoms with Crippen molar-refractivity contribution in [3.05, 3.63) is 59.7 Å². The standard InChI is InChI=1S/C26H35N3O3/c1-5-20(24-28-22-9-7-8-10-23(22)29(24,28)32-6-2)16-18-27-17-15-19-11-13-21(14-12-19)26(3,4)25(30)31/h7-14,20,24,27H,5-6,15-18H2,1-4H3/p+1. The number of hydrogen-bond acceptors (Lipinski definition) is 4. The van der Waals surface area contributed by atoms with E-state index in [0.717, 1.165) is 37.9 Å². The summed E-state index contributed by atoms with van der Waals surface area (Å²) >= 11 is 0. The zero-order valence-corrected chi connectivity index (χ0v) is 19.7. The van der Waals surface area contributed by atoms with Crippen LogP contribution in [0.1, 0.15) is 51.7 Å². The fourth-order valence-electron chi connectivity index (χ4n) is 5.01. The molecule has 0 saturated carbocycles. The Bertz CT molecular complexity index is 959. The SMILES string of the molecule is CCO[N+]12c3ccccc3N1C2C(CC)CCNCCc1ccc(C(C)(C)C(=O)O)cc1. The molecule has 3 atom stereocenters. The van der Waals surface area contributed by atoms with Crippen LogP contribution in [0.2, 0.25) is 0 Å². The fourth-order valence-corrected chi connectivity index (χ4v) is 5.01. The van der Waals surface area contributed by atoms with Gasteiger partial charge in [0.15, 0.2) is 5.69 Å². The van der Waals surface area contributed by atoms with Crippen molar-refractivity contribution in [2.45, 2.75) is 58.5 Å². The van der Waals surface area contributed by atoms with Gasteiger partial charge in [-0.05, 0) is 75.1 Å². The van der Waals surface area contributed by atoms with E-state index in [-0.39, 0.29) is 0 Å².